The quantitative estimate of drug-likeness (QED) is 0.848. The van der Waals surface area contributed by atoms with Gasteiger partial charge in [-0.05, 0) is 56.6 Å². The van der Waals surface area contributed by atoms with Crippen molar-refractivity contribution >= 4 is 17.4 Å². The number of carbonyl (C=O) groups is 1. The summed E-state index contributed by atoms with van der Waals surface area (Å²) >= 11 is 0. The zero-order valence-electron chi connectivity index (χ0n) is 17.6. The van der Waals surface area contributed by atoms with Gasteiger partial charge in [-0.15, -0.1) is 0 Å². The standard InChI is InChI=1S/C22H30N4O2/c1-14-11-18-17(7-6-10-26(18)13-16-12-15(2)25-28-16)23-19(14)24-20(27)22(8-9-22)21(3,4)5/h11-12H,6-10,13H2,1-5H3,(H,23,24,27). The molecule has 3 heterocycles. The summed E-state index contributed by atoms with van der Waals surface area (Å²) in [6.45, 7) is 12.1. The Balaban J connectivity index is 1.56. The summed E-state index contributed by atoms with van der Waals surface area (Å²) in [6.07, 6.45) is 3.87. The summed E-state index contributed by atoms with van der Waals surface area (Å²) in [4.78, 5) is 20.1. The summed E-state index contributed by atoms with van der Waals surface area (Å²) in [5.41, 5.74) is 3.78. The van der Waals surface area contributed by atoms with Gasteiger partial charge in [-0.25, -0.2) is 4.98 Å². The fourth-order valence-electron chi connectivity index (χ4n) is 4.29. The highest BCUT2D eigenvalue weighted by molar-refractivity contribution is 5.97. The average Bonchev–Trinajstić information content (AvgIpc) is 3.35. The van der Waals surface area contributed by atoms with Gasteiger partial charge < -0.3 is 14.7 Å². The number of anilines is 2. The van der Waals surface area contributed by atoms with E-state index in [2.05, 4.69) is 42.2 Å². The Kier molecular flexibility index (Phi) is 4.47. The first-order valence-corrected chi connectivity index (χ1v) is 10.2. The Morgan fingerprint density at radius 1 is 1.29 bits per heavy atom. The monoisotopic (exact) mass is 382 g/mol. The molecular formula is C22H30N4O2. The van der Waals surface area contributed by atoms with Crippen LogP contribution < -0.4 is 10.2 Å². The van der Waals surface area contributed by atoms with Crippen molar-refractivity contribution in [1.29, 1.82) is 0 Å². The van der Waals surface area contributed by atoms with Crippen LogP contribution in [0.2, 0.25) is 0 Å². The Morgan fingerprint density at radius 3 is 2.64 bits per heavy atom. The second-order valence-corrected chi connectivity index (χ2v) is 9.37. The number of pyridine rings is 1. The topological polar surface area (TPSA) is 71.3 Å². The predicted molar refractivity (Wildman–Crippen MR) is 109 cm³/mol. The SMILES string of the molecule is Cc1cc(CN2CCCc3nc(NC(=O)C4(C(C)(C)C)CC4)c(C)cc32)on1. The van der Waals surface area contributed by atoms with Gasteiger partial charge in [-0.1, -0.05) is 25.9 Å². The van der Waals surface area contributed by atoms with Gasteiger partial charge in [-0.3, -0.25) is 4.79 Å². The van der Waals surface area contributed by atoms with Crippen LogP contribution in [0.25, 0.3) is 0 Å². The Labute approximate surface area is 166 Å². The summed E-state index contributed by atoms with van der Waals surface area (Å²) < 4.78 is 5.40. The van der Waals surface area contributed by atoms with Crippen molar-refractivity contribution in [1.82, 2.24) is 10.1 Å². The fourth-order valence-corrected chi connectivity index (χ4v) is 4.29. The third-order valence-electron chi connectivity index (χ3n) is 6.33. The molecule has 0 saturated heterocycles. The van der Waals surface area contributed by atoms with Crippen molar-refractivity contribution in [2.75, 3.05) is 16.8 Å². The molecule has 1 aliphatic heterocycles. The minimum atomic E-state index is -0.257. The number of amides is 1. The summed E-state index contributed by atoms with van der Waals surface area (Å²) in [5, 5.41) is 7.13. The molecule has 150 valence electrons. The van der Waals surface area contributed by atoms with Crippen LogP contribution in [0.4, 0.5) is 11.5 Å². The van der Waals surface area contributed by atoms with Gasteiger partial charge in [-0.2, -0.15) is 0 Å². The van der Waals surface area contributed by atoms with Crippen molar-refractivity contribution < 1.29 is 9.32 Å². The van der Waals surface area contributed by atoms with Gasteiger partial charge in [0.1, 0.15) is 5.82 Å². The summed E-state index contributed by atoms with van der Waals surface area (Å²) in [7, 11) is 0. The maximum atomic E-state index is 13.0. The van der Waals surface area contributed by atoms with E-state index in [4.69, 9.17) is 9.51 Å². The molecule has 6 heteroatoms. The molecule has 0 radical (unpaired) electrons. The number of aromatic nitrogens is 2. The van der Waals surface area contributed by atoms with Crippen LogP contribution in [0.1, 0.15) is 62.7 Å². The van der Waals surface area contributed by atoms with Crippen molar-refractivity contribution in [3.63, 3.8) is 0 Å². The van der Waals surface area contributed by atoms with Crippen molar-refractivity contribution in [2.24, 2.45) is 10.8 Å². The Bertz CT molecular complexity index is 906. The first-order chi connectivity index (χ1) is 13.2. The highest BCUT2D eigenvalue weighted by Gasteiger charge is 2.57. The molecule has 2 aromatic heterocycles. The summed E-state index contributed by atoms with van der Waals surface area (Å²) in [5.74, 6) is 1.68. The molecule has 1 N–H and O–H groups in total. The van der Waals surface area contributed by atoms with E-state index < -0.39 is 0 Å². The molecular weight excluding hydrogens is 352 g/mol. The number of carbonyl (C=O) groups excluding carboxylic acids is 1. The van der Waals surface area contributed by atoms with Crippen LogP contribution in [0.15, 0.2) is 16.7 Å². The lowest BCUT2D eigenvalue weighted by Crippen LogP contribution is -2.36. The molecule has 6 nitrogen and oxygen atoms in total. The van der Waals surface area contributed by atoms with Crippen molar-refractivity contribution in [3.8, 4) is 0 Å². The third kappa shape index (κ3) is 3.29. The van der Waals surface area contributed by atoms with Crippen LogP contribution in [-0.2, 0) is 17.8 Å². The maximum Gasteiger partial charge on any atom is 0.232 e. The van der Waals surface area contributed by atoms with Gasteiger partial charge in [0.15, 0.2) is 5.76 Å². The number of nitrogens with zero attached hydrogens (tertiary/aromatic N) is 3. The number of hydrogen-bond donors (Lipinski definition) is 1. The molecule has 2 aliphatic rings. The van der Waals surface area contributed by atoms with Crippen LogP contribution in [0, 0.1) is 24.7 Å². The Hall–Kier alpha value is -2.37. The largest absolute Gasteiger partial charge is 0.362 e. The van der Waals surface area contributed by atoms with Crippen LogP contribution in [-0.4, -0.2) is 22.6 Å². The first-order valence-electron chi connectivity index (χ1n) is 10.2. The third-order valence-corrected chi connectivity index (χ3v) is 6.33. The van der Waals surface area contributed by atoms with E-state index in [-0.39, 0.29) is 16.7 Å². The van der Waals surface area contributed by atoms with E-state index in [1.165, 1.54) is 0 Å². The molecule has 1 amide bonds. The van der Waals surface area contributed by atoms with Gasteiger partial charge >= 0.3 is 0 Å². The zero-order valence-corrected chi connectivity index (χ0v) is 17.6. The normalized spacial score (nSPS) is 18.0. The number of rotatable bonds is 4. The van der Waals surface area contributed by atoms with E-state index in [1.807, 2.05) is 19.9 Å². The number of nitrogens with one attached hydrogen (secondary N) is 1. The highest BCUT2D eigenvalue weighted by atomic mass is 16.5. The zero-order chi connectivity index (χ0) is 20.1. The minimum Gasteiger partial charge on any atom is -0.362 e. The van der Waals surface area contributed by atoms with Gasteiger partial charge in [0, 0.05) is 12.6 Å². The maximum absolute atomic E-state index is 13.0. The molecule has 1 saturated carbocycles. The van der Waals surface area contributed by atoms with Gasteiger partial charge in [0.2, 0.25) is 5.91 Å². The van der Waals surface area contributed by atoms with Crippen LogP contribution >= 0.6 is 0 Å². The number of aryl methyl sites for hydroxylation is 3. The van der Waals surface area contributed by atoms with Gasteiger partial charge in [0.25, 0.3) is 0 Å². The van der Waals surface area contributed by atoms with Crippen molar-refractivity contribution in [2.45, 2.75) is 66.8 Å². The van der Waals surface area contributed by atoms with E-state index in [0.717, 1.165) is 60.6 Å². The lowest BCUT2D eigenvalue weighted by atomic mass is 9.77. The lowest BCUT2D eigenvalue weighted by Gasteiger charge is -2.32. The first kappa shape index (κ1) is 19.0. The Morgan fingerprint density at radius 2 is 2.04 bits per heavy atom. The molecule has 2 aromatic rings. The lowest BCUT2D eigenvalue weighted by molar-refractivity contribution is -0.124. The molecule has 0 bridgehead atoms. The second kappa shape index (κ2) is 6.61. The molecule has 1 aliphatic carbocycles. The summed E-state index contributed by atoms with van der Waals surface area (Å²) in [6, 6.07) is 4.13. The molecule has 0 unspecified atom stereocenters. The molecule has 4 rings (SSSR count). The molecule has 0 atom stereocenters. The van der Waals surface area contributed by atoms with Crippen LogP contribution in [0.5, 0.6) is 0 Å². The van der Waals surface area contributed by atoms with E-state index >= 15 is 0 Å². The van der Waals surface area contributed by atoms with E-state index in [0.29, 0.717) is 12.4 Å². The smallest absolute Gasteiger partial charge is 0.232 e. The fraction of sp³-hybridized carbons (Fsp3) is 0.591. The number of fused-ring (bicyclic) bond motifs is 1. The molecule has 1 fully saturated rings. The van der Waals surface area contributed by atoms with Crippen molar-refractivity contribution in [3.05, 3.63) is 34.8 Å². The highest BCUT2D eigenvalue weighted by Crippen LogP contribution is 2.58. The van der Waals surface area contributed by atoms with E-state index in [9.17, 15) is 4.79 Å². The molecule has 0 spiro atoms. The minimum absolute atomic E-state index is 0.0365. The predicted octanol–water partition coefficient (Wildman–Crippen LogP) is 4.40. The van der Waals surface area contributed by atoms with Crippen LogP contribution in [0.3, 0.4) is 0 Å². The van der Waals surface area contributed by atoms with Gasteiger partial charge in [0.05, 0.1) is 29.0 Å². The second-order valence-electron chi connectivity index (χ2n) is 9.37. The molecule has 28 heavy (non-hydrogen) atoms. The van der Waals surface area contributed by atoms with E-state index in [1.54, 1.807) is 0 Å². The average molecular weight is 383 g/mol. The number of hydrogen-bond acceptors (Lipinski definition) is 5. The molecule has 0 aromatic carbocycles.